The van der Waals surface area contributed by atoms with E-state index in [0.717, 1.165) is 37.8 Å². The Morgan fingerprint density at radius 2 is 2.05 bits per heavy atom. The molecule has 0 unspecified atom stereocenters. The topological polar surface area (TPSA) is 50.2 Å². The zero-order chi connectivity index (χ0) is 15.1. The molecule has 0 atom stereocenters. The number of anilines is 1. The molecule has 1 saturated carbocycles. The van der Waals surface area contributed by atoms with Crippen LogP contribution >= 0.6 is 0 Å². The van der Waals surface area contributed by atoms with E-state index in [4.69, 9.17) is 0 Å². The number of aromatic nitrogens is 2. The van der Waals surface area contributed by atoms with Crippen LogP contribution in [-0.4, -0.2) is 36.0 Å². The first-order chi connectivity index (χ1) is 10.2. The Bertz CT molecular complexity index is 475. The summed E-state index contributed by atoms with van der Waals surface area (Å²) in [7, 11) is 0. The van der Waals surface area contributed by atoms with Gasteiger partial charge < -0.3 is 10.2 Å². The Hall–Kier alpha value is -1.36. The largest absolute Gasteiger partial charge is 0.371 e. The normalized spacial score (nSPS) is 15.5. The summed E-state index contributed by atoms with van der Waals surface area (Å²) in [5.74, 6) is 0.833. The highest BCUT2D eigenvalue weighted by atomic mass is 16.1. The quantitative estimate of drug-likeness (QED) is 0.743. The maximum atomic E-state index is 12.1. The molecule has 0 aromatic carbocycles. The van der Waals surface area contributed by atoms with Gasteiger partial charge in [0.05, 0.1) is 18.4 Å². The van der Waals surface area contributed by atoms with Crippen molar-refractivity contribution in [2.45, 2.75) is 46.1 Å². The third kappa shape index (κ3) is 4.56. The number of hydrogen-bond donors (Lipinski definition) is 1. The predicted octanol–water partition coefficient (Wildman–Crippen LogP) is 1.87. The number of rotatable bonds is 8. The first-order valence-corrected chi connectivity index (χ1v) is 8.27. The van der Waals surface area contributed by atoms with Crippen molar-refractivity contribution in [3.8, 4) is 0 Å². The summed E-state index contributed by atoms with van der Waals surface area (Å²) in [6.07, 6.45) is 7.25. The predicted molar refractivity (Wildman–Crippen MR) is 86.9 cm³/mol. The highest BCUT2D eigenvalue weighted by molar-refractivity contribution is 5.42. The lowest BCUT2D eigenvalue weighted by Crippen LogP contribution is -2.32. The fourth-order valence-electron chi connectivity index (χ4n) is 3.06. The summed E-state index contributed by atoms with van der Waals surface area (Å²) in [6, 6.07) is 1.69. The van der Waals surface area contributed by atoms with Gasteiger partial charge in [-0.2, -0.15) is 5.10 Å². The Morgan fingerprint density at radius 1 is 1.33 bits per heavy atom. The lowest BCUT2D eigenvalue weighted by Gasteiger charge is -2.20. The van der Waals surface area contributed by atoms with Crippen LogP contribution in [0.5, 0.6) is 0 Å². The molecule has 21 heavy (non-hydrogen) atoms. The van der Waals surface area contributed by atoms with Gasteiger partial charge in [-0.3, -0.25) is 4.79 Å². The average Bonchev–Trinajstić information content (AvgIpc) is 3.00. The molecular weight excluding hydrogens is 264 g/mol. The number of nitrogens with zero attached hydrogens (tertiary/aromatic N) is 3. The molecule has 0 saturated heterocycles. The van der Waals surface area contributed by atoms with E-state index >= 15 is 0 Å². The Balaban J connectivity index is 1.81. The molecule has 1 N–H and O–H groups in total. The lowest BCUT2D eigenvalue weighted by molar-refractivity contribution is 0.461. The van der Waals surface area contributed by atoms with Gasteiger partial charge in [-0.05, 0) is 39.2 Å². The molecule has 0 spiro atoms. The van der Waals surface area contributed by atoms with Gasteiger partial charge in [0.1, 0.15) is 0 Å². The molecule has 0 aliphatic heterocycles. The van der Waals surface area contributed by atoms with Crippen LogP contribution in [0.3, 0.4) is 0 Å². The van der Waals surface area contributed by atoms with E-state index in [1.807, 2.05) is 0 Å². The second kappa shape index (κ2) is 8.17. The molecule has 0 radical (unpaired) electrons. The van der Waals surface area contributed by atoms with E-state index < -0.39 is 0 Å². The smallest absolute Gasteiger partial charge is 0.268 e. The summed E-state index contributed by atoms with van der Waals surface area (Å²) in [4.78, 5) is 14.2. The Morgan fingerprint density at radius 3 is 2.67 bits per heavy atom. The molecular formula is C16H28N4O. The van der Waals surface area contributed by atoms with Crippen LogP contribution in [-0.2, 0) is 6.54 Å². The van der Waals surface area contributed by atoms with Crippen LogP contribution in [0.4, 0.5) is 5.69 Å². The molecule has 1 heterocycles. The highest BCUT2D eigenvalue weighted by Gasteiger charge is 2.13. The first kappa shape index (κ1) is 16.0. The van der Waals surface area contributed by atoms with E-state index in [2.05, 4.69) is 29.2 Å². The fraction of sp³-hybridized carbons (Fsp3) is 0.750. The second-order valence-electron chi connectivity index (χ2n) is 5.80. The first-order valence-electron chi connectivity index (χ1n) is 8.27. The highest BCUT2D eigenvalue weighted by Crippen LogP contribution is 2.23. The molecule has 2 rings (SSSR count). The second-order valence-corrected chi connectivity index (χ2v) is 5.80. The van der Waals surface area contributed by atoms with Crippen molar-refractivity contribution in [1.82, 2.24) is 15.1 Å². The third-order valence-electron chi connectivity index (χ3n) is 4.39. The molecule has 118 valence electrons. The van der Waals surface area contributed by atoms with Gasteiger partial charge in [-0.1, -0.05) is 12.8 Å². The molecule has 5 nitrogen and oxygen atoms in total. The van der Waals surface area contributed by atoms with E-state index in [1.165, 1.54) is 25.7 Å². The minimum atomic E-state index is -0.0120. The van der Waals surface area contributed by atoms with Gasteiger partial charge in [0, 0.05) is 25.7 Å². The molecule has 0 amide bonds. The van der Waals surface area contributed by atoms with Crippen LogP contribution in [0.1, 0.15) is 39.5 Å². The van der Waals surface area contributed by atoms with Crippen molar-refractivity contribution in [1.29, 1.82) is 0 Å². The van der Waals surface area contributed by atoms with E-state index in [-0.39, 0.29) is 5.56 Å². The van der Waals surface area contributed by atoms with Gasteiger partial charge in [-0.25, -0.2) is 4.68 Å². The van der Waals surface area contributed by atoms with E-state index in [0.29, 0.717) is 6.54 Å². The summed E-state index contributed by atoms with van der Waals surface area (Å²) in [5, 5.41) is 7.74. The van der Waals surface area contributed by atoms with Crippen molar-refractivity contribution in [2.75, 3.05) is 31.1 Å². The van der Waals surface area contributed by atoms with Crippen molar-refractivity contribution in [3.63, 3.8) is 0 Å². The monoisotopic (exact) mass is 292 g/mol. The maximum absolute atomic E-state index is 12.1. The van der Waals surface area contributed by atoms with E-state index in [9.17, 15) is 4.79 Å². The van der Waals surface area contributed by atoms with Crippen LogP contribution in [0.25, 0.3) is 0 Å². The van der Waals surface area contributed by atoms with Gasteiger partial charge in [0.25, 0.3) is 5.56 Å². The molecule has 1 aliphatic rings. The summed E-state index contributed by atoms with van der Waals surface area (Å²) >= 11 is 0. The average molecular weight is 292 g/mol. The number of hydrogen-bond acceptors (Lipinski definition) is 4. The van der Waals surface area contributed by atoms with Crippen molar-refractivity contribution in [2.24, 2.45) is 5.92 Å². The zero-order valence-corrected chi connectivity index (χ0v) is 13.3. The lowest BCUT2D eigenvalue weighted by atomic mass is 10.1. The van der Waals surface area contributed by atoms with E-state index in [1.54, 1.807) is 16.9 Å². The molecule has 1 fully saturated rings. The number of nitrogens with one attached hydrogen (secondary N) is 1. The summed E-state index contributed by atoms with van der Waals surface area (Å²) in [5.41, 5.74) is 0.905. The standard InChI is InChI=1S/C16H28N4O/c1-3-19(4-2)15-11-16(21)20(18-13-15)10-9-17-12-14-7-5-6-8-14/h11,13-14,17H,3-10,12H2,1-2H3. The van der Waals surface area contributed by atoms with Gasteiger partial charge >= 0.3 is 0 Å². The maximum Gasteiger partial charge on any atom is 0.268 e. The minimum Gasteiger partial charge on any atom is -0.371 e. The molecule has 5 heteroatoms. The van der Waals surface area contributed by atoms with Crippen LogP contribution in [0.2, 0.25) is 0 Å². The van der Waals surface area contributed by atoms with Gasteiger partial charge in [0.2, 0.25) is 0 Å². The van der Waals surface area contributed by atoms with Crippen molar-refractivity contribution < 1.29 is 0 Å². The van der Waals surface area contributed by atoms with Crippen LogP contribution in [0, 0.1) is 5.92 Å². The van der Waals surface area contributed by atoms with Gasteiger partial charge in [-0.15, -0.1) is 0 Å². The SMILES string of the molecule is CCN(CC)c1cnn(CCNCC2CCCC2)c(=O)c1. The summed E-state index contributed by atoms with van der Waals surface area (Å²) in [6.45, 7) is 8.49. The Labute approximate surface area is 127 Å². The van der Waals surface area contributed by atoms with Crippen molar-refractivity contribution >= 4 is 5.69 Å². The molecule has 1 aromatic heterocycles. The van der Waals surface area contributed by atoms with Gasteiger partial charge in [0.15, 0.2) is 0 Å². The Kier molecular flexibility index (Phi) is 6.23. The molecule has 0 bridgehead atoms. The molecule has 1 aliphatic carbocycles. The minimum absolute atomic E-state index is 0.0120. The third-order valence-corrected chi connectivity index (χ3v) is 4.39. The van der Waals surface area contributed by atoms with Crippen LogP contribution in [0.15, 0.2) is 17.1 Å². The fourth-order valence-corrected chi connectivity index (χ4v) is 3.06. The summed E-state index contributed by atoms with van der Waals surface area (Å²) < 4.78 is 1.55. The zero-order valence-electron chi connectivity index (χ0n) is 13.3. The van der Waals surface area contributed by atoms with Crippen LogP contribution < -0.4 is 15.8 Å². The van der Waals surface area contributed by atoms with Crippen molar-refractivity contribution in [3.05, 3.63) is 22.6 Å². The molecule has 1 aromatic rings.